The van der Waals surface area contributed by atoms with E-state index in [9.17, 15) is 15.0 Å². The number of esters is 1. The number of ether oxygens (including phenoxy) is 5. The Morgan fingerprint density at radius 3 is 2.42 bits per heavy atom. The highest BCUT2D eigenvalue weighted by Crippen LogP contribution is 2.80. The van der Waals surface area contributed by atoms with E-state index >= 15 is 0 Å². The summed E-state index contributed by atoms with van der Waals surface area (Å²) in [6.45, 7) is 7.86. The standard InChI is InChI=1S/C29H47NO8/c1-8-30-13-26(14-34-4)10-9-19(36-6)28-17-11-16-18(35-5)12-27(32,20(17)21(16)38-24(31)15(2)3)29(33,25(28)30)23(37-7)22(26)28/h15-23,25,32-33H,8-14H2,1-7H3/t16-,17-,18+,19+,20-,21+,22-,23+,25+,26+,27-,28+,29-/m1/s1. The number of aliphatic hydroxyl groups is 2. The Kier molecular flexibility index (Phi) is 6.37. The van der Waals surface area contributed by atoms with Gasteiger partial charge in [-0.3, -0.25) is 9.69 Å². The summed E-state index contributed by atoms with van der Waals surface area (Å²) in [6, 6.07) is -0.354. The lowest BCUT2D eigenvalue weighted by atomic mass is 9.42. The van der Waals surface area contributed by atoms with Crippen LogP contribution in [0.25, 0.3) is 0 Å². The number of fused-ring (bicyclic) bond motifs is 2. The van der Waals surface area contributed by atoms with Gasteiger partial charge in [0.25, 0.3) is 0 Å². The van der Waals surface area contributed by atoms with E-state index in [2.05, 4.69) is 11.8 Å². The number of nitrogens with zero attached hydrogens (tertiary/aromatic N) is 1. The van der Waals surface area contributed by atoms with E-state index in [4.69, 9.17) is 23.7 Å². The molecule has 0 amide bonds. The van der Waals surface area contributed by atoms with Crippen molar-refractivity contribution in [3.8, 4) is 0 Å². The van der Waals surface area contributed by atoms with Crippen molar-refractivity contribution in [1.82, 2.24) is 4.90 Å². The van der Waals surface area contributed by atoms with Crippen LogP contribution in [0.2, 0.25) is 0 Å². The van der Waals surface area contributed by atoms with Gasteiger partial charge in [-0.15, -0.1) is 0 Å². The number of likely N-dealkylation sites (tertiary alicyclic amines) is 1. The molecule has 0 aromatic heterocycles. The predicted molar refractivity (Wildman–Crippen MR) is 137 cm³/mol. The SMILES string of the molecule is CCN1C[C@]2(COC)CC[C@H](OC)[C@@]34[C@@H]5C[C@H]6[C@H](OC(=O)C(C)C)[C@@H]5[C@](O)(C[C@@H]6OC)[C@@](O)([C@@H](OC)[C@H]23)[C@@H]14. The van der Waals surface area contributed by atoms with Gasteiger partial charge in [0.15, 0.2) is 0 Å². The summed E-state index contributed by atoms with van der Waals surface area (Å²) >= 11 is 0. The van der Waals surface area contributed by atoms with Crippen LogP contribution in [0.3, 0.4) is 0 Å². The quantitative estimate of drug-likeness (QED) is 0.445. The summed E-state index contributed by atoms with van der Waals surface area (Å²) < 4.78 is 30.9. The molecule has 5 aliphatic carbocycles. The summed E-state index contributed by atoms with van der Waals surface area (Å²) in [5, 5.41) is 26.3. The summed E-state index contributed by atoms with van der Waals surface area (Å²) in [4.78, 5) is 15.4. The minimum Gasteiger partial charge on any atom is -0.461 e. The number of piperidine rings is 1. The Morgan fingerprint density at radius 2 is 1.84 bits per heavy atom. The van der Waals surface area contributed by atoms with E-state index in [1.807, 2.05) is 13.8 Å². The Balaban J connectivity index is 1.63. The fraction of sp³-hybridized carbons (Fsp3) is 0.966. The molecule has 2 N–H and O–H groups in total. The first-order chi connectivity index (χ1) is 18.1. The van der Waals surface area contributed by atoms with Crippen molar-refractivity contribution >= 4 is 5.97 Å². The van der Waals surface area contributed by atoms with E-state index in [0.29, 0.717) is 6.61 Å². The van der Waals surface area contributed by atoms with Gasteiger partial charge >= 0.3 is 5.97 Å². The van der Waals surface area contributed by atoms with Gasteiger partial charge < -0.3 is 33.9 Å². The van der Waals surface area contributed by atoms with Crippen molar-refractivity contribution in [2.75, 3.05) is 48.1 Å². The van der Waals surface area contributed by atoms with Crippen LogP contribution in [0.5, 0.6) is 0 Å². The third kappa shape index (κ3) is 2.85. The van der Waals surface area contributed by atoms with Crippen molar-refractivity contribution in [2.45, 2.75) is 88.1 Å². The number of carbonyl (C=O) groups is 1. The molecule has 0 aromatic rings. The lowest BCUT2D eigenvalue weighted by Crippen LogP contribution is -2.82. The molecular formula is C29H47NO8. The molecule has 1 aliphatic heterocycles. The molecule has 6 aliphatic rings. The van der Waals surface area contributed by atoms with E-state index in [-0.39, 0.29) is 59.7 Å². The van der Waals surface area contributed by atoms with Gasteiger partial charge in [-0.05, 0) is 31.7 Å². The molecule has 6 rings (SSSR count). The highest BCUT2D eigenvalue weighted by atomic mass is 16.6. The molecule has 6 fully saturated rings. The largest absolute Gasteiger partial charge is 0.461 e. The fourth-order valence-corrected chi connectivity index (χ4v) is 11.4. The van der Waals surface area contributed by atoms with Crippen molar-refractivity contribution < 1.29 is 38.7 Å². The van der Waals surface area contributed by atoms with Crippen LogP contribution in [0.4, 0.5) is 0 Å². The van der Waals surface area contributed by atoms with Gasteiger partial charge in [0, 0.05) is 70.0 Å². The van der Waals surface area contributed by atoms with Crippen LogP contribution in [0.15, 0.2) is 0 Å². The summed E-state index contributed by atoms with van der Waals surface area (Å²) in [5.41, 5.74) is -3.91. The summed E-state index contributed by atoms with van der Waals surface area (Å²) in [6.07, 6.45) is 1.17. The van der Waals surface area contributed by atoms with E-state index in [1.54, 1.807) is 28.4 Å². The average Bonchev–Trinajstić information content (AvgIpc) is 3.28. The molecule has 216 valence electrons. The molecule has 1 saturated heterocycles. The lowest BCUT2D eigenvalue weighted by molar-refractivity contribution is -0.319. The maximum Gasteiger partial charge on any atom is 0.308 e. The molecule has 7 bridgehead atoms. The minimum absolute atomic E-state index is 0.0335. The van der Waals surface area contributed by atoms with Gasteiger partial charge in [0.1, 0.15) is 17.3 Å². The highest BCUT2D eigenvalue weighted by molar-refractivity contribution is 5.72. The molecule has 5 saturated carbocycles. The monoisotopic (exact) mass is 537 g/mol. The first-order valence-corrected chi connectivity index (χ1v) is 14.5. The minimum atomic E-state index is -1.60. The van der Waals surface area contributed by atoms with Crippen LogP contribution in [-0.2, 0) is 28.5 Å². The number of hydrogen-bond acceptors (Lipinski definition) is 9. The molecule has 0 aromatic carbocycles. The van der Waals surface area contributed by atoms with Crippen LogP contribution in [0, 0.1) is 40.4 Å². The first kappa shape index (κ1) is 27.4. The maximum atomic E-state index is 13.2. The Morgan fingerprint density at radius 1 is 1.11 bits per heavy atom. The van der Waals surface area contributed by atoms with Crippen LogP contribution >= 0.6 is 0 Å². The third-order valence-corrected chi connectivity index (χ3v) is 12.2. The van der Waals surface area contributed by atoms with Crippen molar-refractivity contribution in [3.63, 3.8) is 0 Å². The second kappa shape index (κ2) is 8.84. The lowest BCUT2D eigenvalue weighted by Gasteiger charge is -2.70. The smallest absolute Gasteiger partial charge is 0.308 e. The normalized spacial score (nSPS) is 54.4. The zero-order valence-corrected chi connectivity index (χ0v) is 24.0. The van der Waals surface area contributed by atoms with Crippen LogP contribution in [-0.4, -0.2) is 111 Å². The van der Waals surface area contributed by atoms with Gasteiger partial charge in [-0.1, -0.05) is 20.8 Å². The number of methoxy groups -OCH3 is 4. The van der Waals surface area contributed by atoms with Gasteiger partial charge in [-0.25, -0.2) is 0 Å². The Hall–Kier alpha value is -0.810. The third-order valence-electron chi connectivity index (χ3n) is 12.2. The van der Waals surface area contributed by atoms with Gasteiger partial charge in [-0.2, -0.15) is 0 Å². The van der Waals surface area contributed by atoms with E-state index < -0.39 is 34.7 Å². The van der Waals surface area contributed by atoms with Gasteiger partial charge in [0.2, 0.25) is 0 Å². The molecule has 9 nitrogen and oxygen atoms in total. The molecular weight excluding hydrogens is 490 g/mol. The summed E-state index contributed by atoms with van der Waals surface area (Å²) in [5.74, 6) is -1.16. The number of likely N-dealkylation sites (N-methyl/N-ethyl adjacent to an activating group) is 1. The zero-order chi connectivity index (χ0) is 27.4. The predicted octanol–water partition coefficient (Wildman–Crippen LogP) is 1.48. The molecule has 9 heteroatoms. The molecule has 0 radical (unpaired) electrons. The molecule has 13 atom stereocenters. The first-order valence-electron chi connectivity index (χ1n) is 14.5. The second-order valence-corrected chi connectivity index (χ2v) is 13.5. The summed E-state index contributed by atoms with van der Waals surface area (Å²) in [7, 11) is 6.86. The number of carbonyl (C=O) groups excluding carboxylic acids is 1. The molecule has 38 heavy (non-hydrogen) atoms. The van der Waals surface area contributed by atoms with Crippen molar-refractivity contribution in [3.05, 3.63) is 0 Å². The zero-order valence-electron chi connectivity index (χ0n) is 24.0. The average molecular weight is 538 g/mol. The Labute approximate surface area is 226 Å². The number of rotatable bonds is 8. The van der Waals surface area contributed by atoms with E-state index in [0.717, 1.165) is 32.4 Å². The topological polar surface area (TPSA) is 107 Å². The fourth-order valence-electron chi connectivity index (χ4n) is 11.4. The van der Waals surface area contributed by atoms with Crippen LogP contribution < -0.4 is 0 Å². The molecule has 0 unspecified atom stereocenters. The number of hydrogen-bond donors (Lipinski definition) is 2. The van der Waals surface area contributed by atoms with Crippen molar-refractivity contribution in [1.29, 1.82) is 0 Å². The Bertz CT molecular complexity index is 963. The highest BCUT2D eigenvalue weighted by Gasteiger charge is 2.91. The second-order valence-electron chi connectivity index (χ2n) is 13.5. The van der Waals surface area contributed by atoms with Crippen LogP contribution in [0.1, 0.15) is 46.5 Å². The molecule has 1 heterocycles. The maximum absolute atomic E-state index is 13.2. The molecule has 1 spiro atoms. The van der Waals surface area contributed by atoms with Gasteiger partial charge in [0.05, 0.1) is 36.9 Å². The van der Waals surface area contributed by atoms with E-state index in [1.165, 1.54) is 0 Å². The van der Waals surface area contributed by atoms with Crippen molar-refractivity contribution in [2.24, 2.45) is 40.4 Å².